The molecular formula is C37H46O5. The second-order valence-electron chi connectivity index (χ2n) is 14.8. The number of epoxide rings is 1. The van der Waals surface area contributed by atoms with Gasteiger partial charge in [-0.3, -0.25) is 19.2 Å². The van der Waals surface area contributed by atoms with E-state index in [0.717, 1.165) is 24.0 Å². The zero-order chi connectivity index (χ0) is 31.0. The maximum absolute atomic E-state index is 15.4. The van der Waals surface area contributed by atoms with E-state index in [0.29, 0.717) is 12.0 Å². The first kappa shape index (κ1) is 30.5. The zero-order valence-electron chi connectivity index (χ0n) is 26.7. The number of allylic oxidation sites excluding steroid dienone is 6. The molecule has 4 bridgehead atoms. The van der Waals surface area contributed by atoms with Gasteiger partial charge in [-0.2, -0.15) is 0 Å². The Balaban J connectivity index is 1.78. The Morgan fingerprint density at radius 2 is 1.48 bits per heavy atom. The topological polar surface area (TPSA) is 80.8 Å². The first-order valence-corrected chi connectivity index (χ1v) is 15.4. The van der Waals surface area contributed by atoms with Gasteiger partial charge in [0.2, 0.25) is 0 Å². The minimum atomic E-state index is -1.96. The quantitative estimate of drug-likeness (QED) is 0.133. The van der Waals surface area contributed by atoms with Crippen LogP contribution < -0.4 is 0 Å². The highest BCUT2D eigenvalue weighted by molar-refractivity contribution is 6.43. The van der Waals surface area contributed by atoms with E-state index in [1.807, 2.05) is 53.7 Å². The van der Waals surface area contributed by atoms with Gasteiger partial charge >= 0.3 is 0 Å². The van der Waals surface area contributed by atoms with Crippen molar-refractivity contribution in [2.24, 2.45) is 33.5 Å². The first-order chi connectivity index (χ1) is 19.5. The molecule has 5 aliphatic rings. The molecule has 0 unspecified atom stereocenters. The summed E-state index contributed by atoms with van der Waals surface area (Å²) >= 11 is 0. The second-order valence-corrected chi connectivity index (χ2v) is 14.8. The van der Waals surface area contributed by atoms with Gasteiger partial charge in [-0.1, -0.05) is 79.1 Å². The molecule has 5 nitrogen and oxygen atoms in total. The Bertz CT molecular complexity index is 1450. The number of carbonyl (C=O) groups is 4. The largest absolute Gasteiger partial charge is 0.366 e. The number of benzene rings is 1. The molecule has 224 valence electrons. The minimum absolute atomic E-state index is 0.200. The second kappa shape index (κ2) is 9.80. The Labute approximate surface area is 250 Å². The van der Waals surface area contributed by atoms with Gasteiger partial charge in [0.15, 0.2) is 28.5 Å². The molecule has 7 atom stereocenters. The normalized spacial score (nSPS) is 37.4. The summed E-state index contributed by atoms with van der Waals surface area (Å²) < 4.78 is 6.50. The summed E-state index contributed by atoms with van der Waals surface area (Å²) in [4.78, 5) is 60.1. The maximum Gasteiger partial charge on any atom is 0.184 e. The van der Waals surface area contributed by atoms with Gasteiger partial charge in [0.05, 0.1) is 17.1 Å². The predicted octanol–water partition coefficient (Wildman–Crippen LogP) is 7.45. The third kappa shape index (κ3) is 3.84. The van der Waals surface area contributed by atoms with E-state index in [4.69, 9.17) is 4.74 Å². The molecule has 5 fully saturated rings. The van der Waals surface area contributed by atoms with Crippen LogP contribution in [0.1, 0.15) is 98.4 Å². The van der Waals surface area contributed by atoms with Crippen LogP contribution in [0.4, 0.5) is 0 Å². The van der Waals surface area contributed by atoms with Crippen molar-refractivity contribution in [3.8, 4) is 0 Å². The summed E-state index contributed by atoms with van der Waals surface area (Å²) in [5, 5.41) is 0. The smallest absolute Gasteiger partial charge is 0.184 e. The number of hydrogen-bond donors (Lipinski definition) is 0. The maximum atomic E-state index is 15.4. The van der Waals surface area contributed by atoms with Crippen molar-refractivity contribution >= 4 is 23.1 Å². The molecular weight excluding hydrogens is 524 g/mol. The molecule has 1 aromatic rings. The number of rotatable bonds is 9. The van der Waals surface area contributed by atoms with Gasteiger partial charge in [0.25, 0.3) is 0 Å². The van der Waals surface area contributed by atoms with E-state index < -0.39 is 50.5 Å². The monoisotopic (exact) mass is 570 g/mol. The minimum Gasteiger partial charge on any atom is -0.366 e. The lowest BCUT2D eigenvalue weighted by Crippen LogP contribution is -2.83. The van der Waals surface area contributed by atoms with E-state index in [1.54, 1.807) is 30.3 Å². The van der Waals surface area contributed by atoms with Gasteiger partial charge in [-0.25, -0.2) is 0 Å². The van der Waals surface area contributed by atoms with Crippen molar-refractivity contribution in [1.82, 2.24) is 0 Å². The van der Waals surface area contributed by atoms with E-state index in [9.17, 15) is 9.59 Å². The molecule has 1 aromatic carbocycles. The van der Waals surface area contributed by atoms with Crippen LogP contribution in [0.2, 0.25) is 0 Å². The van der Waals surface area contributed by atoms with Crippen LogP contribution >= 0.6 is 0 Å². The molecule has 1 heterocycles. The molecule has 0 spiro atoms. The highest BCUT2D eigenvalue weighted by Gasteiger charge is 2.89. The van der Waals surface area contributed by atoms with Crippen molar-refractivity contribution < 1.29 is 23.9 Å². The van der Waals surface area contributed by atoms with Crippen molar-refractivity contribution in [1.29, 1.82) is 0 Å². The average molecular weight is 571 g/mol. The third-order valence-electron chi connectivity index (χ3n) is 10.9. The summed E-state index contributed by atoms with van der Waals surface area (Å²) in [6.45, 7) is 17.7. The Morgan fingerprint density at radius 1 is 0.857 bits per heavy atom. The highest BCUT2D eigenvalue weighted by atomic mass is 16.6. The molecule has 0 N–H and O–H groups in total. The standard InChI is InChI=1S/C37H46O5/c1-22(2)14-13-18-34(9)29(42-34)27-26-21-35(19-17-23(3)4)30(39)36(27,20-24(5)6)32(41)37(31(35)40,33(26,7)8)28(38)25-15-11-10-12-16-25/h10-12,14-17,20,26-27,29H,13,18-19,21H2,1-9H3/t26-,27-,29+,34+,35+,36-,37+/m0/s1. The van der Waals surface area contributed by atoms with Crippen LogP contribution in [0.15, 0.2) is 65.3 Å². The van der Waals surface area contributed by atoms with Crippen LogP contribution in [0.25, 0.3) is 0 Å². The highest BCUT2D eigenvalue weighted by Crippen LogP contribution is 2.77. The molecule has 4 saturated carbocycles. The van der Waals surface area contributed by atoms with Crippen LogP contribution in [0.3, 0.4) is 0 Å². The lowest BCUT2D eigenvalue weighted by molar-refractivity contribution is -0.210. The Morgan fingerprint density at radius 3 is 2.05 bits per heavy atom. The molecule has 0 radical (unpaired) electrons. The summed E-state index contributed by atoms with van der Waals surface area (Å²) in [7, 11) is 0. The summed E-state index contributed by atoms with van der Waals surface area (Å²) in [6, 6.07) is 8.68. The fourth-order valence-corrected chi connectivity index (χ4v) is 8.89. The fraction of sp³-hybridized carbons (Fsp3) is 0.568. The third-order valence-corrected chi connectivity index (χ3v) is 10.9. The van der Waals surface area contributed by atoms with Crippen molar-refractivity contribution in [2.45, 2.75) is 99.7 Å². The average Bonchev–Trinajstić information content (AvgIpc) is 3.57. The van der Waals surface area contributed by atoms with Gasteiger partial charge in [-0.05, 0) is 85.5 Å². The number of Topliss-reactive ketones (excluding diaryl/α,β-unsaturated/α-hetero) is 4. The SMILES string of the molecule is CC(C)=CCC[C@@]1(C)O[C@@H]1[C@@H]1[C@@H]2C[C@]3(CC=C(C)C)C(=O)[C@@]1(C=C(C)C)C(=O)[C@@](C(=O)c1ccccc1)(C3=O)C2(C)C. The van der Waals surface area contributed by atoms with E-state index >= 15 is 9.59 Å². The molecule has 6 rings (SSSR count). The van der Waals surface area contributed by atoms with E-state index in [1.165, 1.54) is 5.57 Å². The molecule has 42 heavy (non-hydrogen) atoms. The first-order valence-electron chi connectivity index (χ1n) is 15.4. The van der Waals surface area contributed by atoms with Crippen molar-refractivity contribution in [3.63, 3.8) is 0 Å². The Hall–Kier alpha value is -2.92. The van der Waals surface area contributed by atoms with E-state index in [-0.39, 0.29) is 24.2 Å². The van der Waals surface area contributed by atoms with Crippen molar-refractivity contribution in [2.75, 3.05) is 0 Å². The van der Waals surface area contributed by atoms with Crippen LogP contribution in [0.5, 0.6) is 0 Å². The lowest BCUT2D eigenvalue weighted by atomic mass is 9.27. The zero-order valence-corrected chi connectivity index (χ0v) is 26.7. The summed E-state index contributed by atoms with van der Waals surface area (Å²) in [5.74, 6) is -2.56. The van der Waals surface area contributed by atoms with Crippen molar-refractivity contribution in [3.05, 3.63) is 70.8 Å². The molecule has 1 saturated heterocycles. The van der Waals surface area contributed by atoms with Gasteiger partial charge in [0, 0.05) is 11.5 Å². The molecule has 1 aliphatic heterocycles. The Kier molecular flexibility index (Phi) is 7.13. The summed E-state index contributed by atoms with van der Waals surface area (Å²) in [6.07, 6.45) is 7.74. The van der Waals surface area contributed by atoms with Crippen LogP contribution in [-0.2, 0) is 19.1 Å². The molecule has 0 aromatic heterocycles. The van der Waals surface area contributed by atoms with Crippen LogP contribution in [0, 0.1) is 33.5 Å². The van der Waals surface area contributed by atoms with Gasteiger partial charge < -0.3 is 4.74 Å². The summed E-state index contributed by atoms with van der Waals surface area (Å²) in [5.41, 5.74) is -3.13. The van der Waals surface area contributed by atoms with E-state index in [2.05, 4.69) is 26.8 Å². The number of ether oxygens (including phenoxy) is 1. The predicted molar refractivity (Wildman–Crippen MR) is 164 cm³/mol. The molecule has 4 aliphatic carbocycles. The number of ketones is 4. The lowest BCUT2D eigenvalue weighted by Gasteiger charge is -2.70. The fourth-order valence-electron chi connectivity index (χ4n) is 8.89. The molecule has 5 heteroatoms. The van der Waals surface area contributed by atoms with Gasteiger partial charge in [0.1, 0.15) is 5.41 Å². The van der Waals surface area contributed by atoms with Gasteiger partial charge in [-0.15, -0.1) is 0 Å². The number of carbonyl (C=O) groups excluding carboxylic acids is 4. The van der Waals surface area contributed by atoms with Crippen LogP contribution in [-0.4, -0.2) is 34.8 Å². The molecule has 0 amide bonds. The number of hydrogen-bond acceptors (Lipinski definition) is 5.